The number of aromatic nitrogens is 1. The zero-order chi connectivity index (χ0) is 14.4. The van der Waals surface area contributed by atoms with Crippen molar-refractivity contribution in [3.8, 4) is 10.6 Å². The number of rotatable bonds is 6. The van der Waals surface area contributed by atoms with Crippen LogP contribution in [0.4, 0.5) is 4.39 Å². The SMILES string of the molecule is CNCCCNC(=O)c1csc(-c2ccccc2F)n1. The van der Waals surface area contributed by atoms with Gasteiger partial charge in [-0.15, -0.1) is 11.3 Å². The van der Waals surface area contributed by atoms with Crippen molar-refractivity contribution in [3.63, 3.8) is 0 Å². The van der Waals surface area contributed by atoms with E-state index in [9.17, 15) is 9.18 Å². The lowest BCUT2D eigenvalue weighted by Gasteiger charge is -2.02. The minimum atomic E-state index is -0.331. The van der Waals surface area contributed by atoms with Crippen LogP contribution in [0.2, 0.25) is 0 Å². The molecule has 20 heavy (non-hydrogen) atoms. The number of hydrogen-bond acceptors (Lipinski definition) is 4. The van der Waals surface area contributed by atoms with Gasteiger partial charge in [0, 0.05) is 17.5 Å². The van der Waals surface area contributed by atoms with Crippen molar-refractivity contribution in [2.75, 3.05) is 20.1 Å². The highest BCUT2D eigenvalue weighted by molar-refractivity contribution is 7.13. The van der Waals surface area contributed by atoms with Crippen LogP contribution < -0.4 is 10.6 Å². The second-order valence-corrected chi connectivity index (χ2v) is 5.09. The summed E-state index contributed by atoms with van der Waals surface area (Å²) in [7, 11) is 1.86. The fourth-order valence-corrected chi connectivity index (χ4v) is 2.52. The Morgan fingerprint density at radius 2 is 2.15 bits per heavy atom. The minimum absolute atomic E-state index is 0.222. The predicted molar refractivity (Wildman–Crippen MR) is 78.4 cm³/mol. The Bertz CT molecular complexity index is 585. The van der Waals surface area contributed by atoms with E-state index >= 15 is 0 Å². The van der Waals surface area contributed by atoms with Crippen LogP contribution in [-0.2, 0) is 0 Å². The molecular formula is C14H16FN3OS. The maximum absolute atomic E-state index is 13.6. The molecule has 0 radical (unpaired) electrons. The number of nitrogens with zero attached hydrogens (tertiary/aromatic N) is 1. The van der Waals surface area contributed by atoms with Gasteiger partial charge in [0.2, 0.25) is 0 Å². The maximum atomic E-state index is 13.6. The standard InChI is InChI=1S/C14H16FN3OS/c1-16-7-4-8-17-13(19)12-9-20-14(18-12)10-5-2-3-6-11(10)15/h2-3,5-6,9,16H,4,7-8H2,1H3,(H,17,19). The molecule has 0 unspecified atom stereocenters. The first-order valence-electron chi connectivity index (χ1n) is 6.35. The summed E-state index contributed by atoms with van der Waals surface area (Å²) in [4.78, 5) is 16.0. The van der Waals surface area contributed by atoms with Crippen molar-refractivity contribution in [2.45, 2.75) is 6.42 Å². The van der Waals surface area contributed by atoms with Crippen LogP contribution in [-0.4, -0.2) is 31.0 Å². The van der Waals surface area contributed by atoms with E-state index in [0.29, 0.717) is 22.8 Å². The molecule has 0 aliphatic carbocycles. The van der Waals surface area contributed by atoms with Gasteiger partial charge >= 0.3 is 0 Å². The van der Waals surface area contributed by atoms with E-state index in [1.54, 1.807) is 23.6 Å². The molecule has 0 bridgehead atoms. The molecule has 2 rings (SSSR count). The lowest BCUT2D eigenvalue weighted by molar-refractivity contribution is 0.0949. The van der Waals surface area contributed by atoms with Crippen LogP contribution in [0.5, 0.6) is 0 Å². The molecular weight excluding hydrogens is 277 g/mol. The van der Waals surface area contributed by atoms with Gasteiger partial charge < -0.3 is 10.6 Å². The Hall–Kier alpha value is -1.79. The van der Waals surface area contributed by atoms with Crippen LogP contribution in [0.15, 0.2) is 29.6 Å². The molecule has 0 fully saturated rings. The highest BCUT2D eigenvalue weighted by Gasteiger charge is 2.13. The number of hydrogen-bond donors (Lipinski definition) is 2. The molecule has 1 aromatic carbocycles. The summed E-state index contributed by atoms with van der Waals surface area (Å²) in [5.74, 6) is -0.553. The summed E-state index contributed by atoms with van der Waals surface area (Å²) in [5, 5.41) is 7.96. The second kappa shape index (κ2) is 7.12. The molecule has 0 spiro atoms. The van der Waals surface area contributed by atoms with Crippen LogP contribution in [0.25, 0.3) is 10.6 Å². The monoisotopic (exact) mass is 293 g/mol. The fraction of sp³-hybridized carbons (Fsp3) is 0.286. The number of carbonyl (C=O) groups is 1. The lowest BCUT2D eigenvalue weighted by atomic mass is 10.2. The van der Waals surface area contributed by atoms with Gasteiger partial charge in [-0.3, -0.25) is 4.79 Å². The lowest BCUT2D eigenvalue weighted by Crippen LogP contribution is -2.26. The highest BCUT2D eigenvalue weighted by Crippen LogP contribution is 2.25. The number of benzene rings is 1. The Morgan fingerprint density at radius 1 is 1.35 bits per heavy atom. The third kappa shape index (κ3) is 3.61. The molecule has 6 heteroatoms. The average molecular weight is 293 g/mol. The van der Waals surface area contributed by atoms with Gasteiger partial charge in [0.05, 0.1) is 0 Å². The van der Waals surface area contributed by atoms with Crippen molar-refractivity contribution in [1.82, 2.24) is 15.6 Å². The molecule has 106 valence electrons. The zero-order valence-electron chi connectivity index (χ0n) is 11.1. The van der Waals surface area contributed by atoms with Crippen molar-refractivity contribution >= 4 is 17.2 Å². The Morgan fingerprint density at radius 3 is 2.90 bits per heavy atom. The second-order valence-electron chi connectivity index (χ2n) is 4.23. The molecule has 2 aromatic rings. The zero-order valence-corrected chi connectivity index (χ0v) is 12.0. The molecule has 0 atom stereocenters. The molecule has 0 saturated carbocycles. The van der Waals surface area contributed by atoms with Gasteiger partial charge in [-0.2, -0.15) is 0 Å². The van der Waals surface area contributed by atoms with Gasteiger partial charge in [0.25, 0.3) is 5.91 Å². The first-order chi connectivity index (χ1) is 9.72. The highest BCUT2D eigenvalue weighted by atomic mass is 32.1. The number of carbonyl (C=O) groups excluding carboxylic acids is 1. The van der Waals surface area contributed by atoms with Crippen molar-refractivity contribution in [3.05, 3.63) is 41.2 Å². The van der Waals surface area contributed by atoms with E-state index in [1.165, 1.54) is 17.4 Å². The van der Waals surface area contributed by atoms with Gasteiger partial charge in [0.15, 0.2) is 0 Å². The third-order valence-electron chi connectivity index (χ3n) is 2.73. The van der Waals surface area contributed by atoms with Gasteiger partial charge in [-0.25, -0.2) is 9.37 Å². The molecule has 2 N–H and O–H groups in total. The summed E-state index contributed by atoms with van der Waals surface area (Å²) in [6.45, 7) is 1.43. The molecule has 1 amide bonds. The van der Waals surface area contributed by atoms with Crippen molar-refractivity contribution < 1.29 is 9.18 Å². The summed E-state index contributed by atoms with van der Waals surface area (Å²) < 4.78 is 13.6. The quantitative estimate of drug-likeness (QED) is 0.804. The van der Waals surface area contributed by atoms with E-state index < -0.39 is 0 Å². The predicted octanol–water partition coefficient (Wildman–Crippen LogP) is 2.29. The smallest absolute Gasteiger partial charge is 0.270 e. The van der Waals surface area contributed by atoms with E-state index in [2.05, 4.69) is 15.6 Å². The van der Waals surface area contributed by atoms with Crippen LogP contribution >= 0.6 is 11.3 Å². The summed E-state index contributed by atoms with van der Waals surface area (Å²) in [6, 6.07) is 6.41. The van der Waals surface area contributed by atoms with E-state index in [1.807, 2.05) is 7.05 Å². The van der Waals surface area contributed by atoms with Crippen LogP contribution in [0, 0.1) is 5.82 Å². The Kier molecular flexibility index (Phi) is 5.20. The van der Waals surface area contributed by atoms with Crippen molar-refractivity contribution in [1.29, 1.82) is 0 Å². The normalized spacial score (nSPS) is 10.5. The third-order valence-corrected chi connectivity index (χ3v) is 3.61. The Balaban J connectivity index is 2.02. The molecule has 4 nitrogen and oxygen atoms in total. The van der Waals surface area contributed by atoms with Crippen LogP contribution in [0.3, 0.4) is 0 Å². The molecule has 0 aliphatic rings. The topological polar surface area (TPSA) is 54.0 Å². The minimum Gasteiger partial charge on any atom is -0.351 e. The summed E-state index contributed by atoms with van der Waals surface area (Å²) in [6.07, 6.45) is 0.854. The average Bonchev–Trinajstić information content (AvgIpc) is 2.93. The summed E-state index contributed by atoms with van der Waals surface area (Å²) >= 11 is 1.26. The number of thiazole rings is 1. The summed E-state index contributed by atoms with van der Waals surface area (Å²) in [5.41, 5.74) is 0.754. The van der Waals surface area contributed by atoms with E-state index in [0.717, 1.165) is 13.0 Å². The van der Waals surface area contributed by atoms with E-state index in [-0.39, 0.29) is 11.7 Å². The van der Waals surface area contributed by atoms with Gasteiger partial charge in [-0.05, 0) is 32.1 Å². The fourth-order valence-electron chi connectivity index (χ4n) is 1.69. The largest absolute Gasteiger partial charge is 0.351 e. The first kappa shape index (κ1) is 14.6. The first-order valence-corrected chi connectivity index (χ1v) is 7.23. The number of amides is 1. The van der Waals surface area contributed by atoms with Gasteiger partial charge in [0.1, 0.15) is 16.5 Å². The van der Waals surface area contributed by atoms with Crippen molar-refractivity contribution in [2.24, 2.45) is 0 Å². The molecule has 0 aliphatic heterocycles. The van der Waals surface area contributed by atoms with E-state index in [4.69, 9.17) is 0 Å². The molecule has 1 aromatic heterocycles. The van der Waals surface area contributed by atoms with Gasteiger partial charge in [-0.1, -0.05) is 12.1 Å². The number of nitrogens with one attached hydrogen (secondary N) is 2. The molecule has 1 heterocycles. The maximum Gasteiger partial charge on any atom is 0.270 e. The van der Waals surface area contributed by atoms with Crippen LogP contribution in [0.1, 0.15) is 16.9 Å². The molecule has 0 saturated heterocycles. The Labute approximate surface area is 121 Å². The number of halogens is 1.